The number of carbonyl (C=O) groups excluding carboxylic acids is 2. The first-order valence-corrected chi connectivity index (χ1v) is 11.1. The summed E-state index contributed by atoms with van der Waals surface area (Å²) in [5.41, 5.74) is 0.156. The van der Waals surface area contributed by atoms with Crippen LogP contribution in [0.15, 0.2) is 58.1 Å². The molecule has 1 aliphatic carbocycles. The number of fused-ring (bicyclic) bond motifs is 2. The normalized spacial score (nSPS) is 20.0. The van der Waals surface area contributed by atoms with Gasteiger partial charge >= 0.3 is 0 Å². The summed E-state index contributed by atoms with van der Waals surface area (Å²) in [7, 11) is 1.51. The lowest BCUT2D eigenvalue weighted by atomic mass is 9.87. The number of carbonyl (C=O) groups is 2. The minimum absolute atomic E-state index is 0.00963. The third-order valence-electron chi connectivity index (χ3n) is 6.39. The molecular formula is C23H23N7O5. The zero-order valence-electron chi connectivity index (χ0n) is 18.9. The molecule has 2 aromatic carbocycles. The number of hydrogen-bond acceptors (Lipinski definition) is 12. The van der Waals surface area contributed by atoms with Gasteiger partial charge in [-0.05, 0) is 34.6 Å². The van der Waals surface area contributed by atoms with Gasteiger partial charge in [0.25, 0.3) is 0 Å². The number of likely N-dealkylation sites (N-methyl/N-ethyl adjacent to an activating group) is 1. The van der Waals surface area contributed by atoms with Gasteiger partial charge in [-0.2, -0.15) is 0 Å². The molecule has 2 aromatic rings. The number of rotatable bonds is 7. The first kappa shape index (κ1) is 22.6. The minimum atomic E-state index is -0.599. The Kier molecular flexibility index (Phi) is 5.97. The summed E-state index contributed by atoms with van der Waals surface area (Å²) in [6, 6.07) is 10.2. The quantitative estimate of drug-likeness (QED) is 0.508. The summed E-state index contributed by atoms with van der Waals surface area (Å²) in [6.45, 7) is 3.17. The van der Waals surface area contributed by atoms with Crippen LogP contribution in [0.3, 0.4) is 0 Å². The Labute approximate surface area is 200 Å². The number of allylic oxidation sites excluding steroid dienone is 2. The van der Waals surface area contributed by atoms with Crippen molar-refractivity contribution in [1.82, 2.24) is 20.4 Å². The Morgan fingerprint density at radius 3 is 2.17 bits per heavy atom. The summed E-state index contributed by atoms with van der Waals surface area (Å²) in [5, 5.41) is 14.9. The zero-order chi connectivity index (χ0) is 24.5. The van der Waals surface area contributed by atoms with Crippen molar-refractivity contribution in [2.24, 2.45) is 10.4 Å². The fourth-order valence-electron chi connectivity index (χ4n) is 4.56. The maximum atomic E-state index is 13.3. The molecule has 3 N–H and O–H groups in total. The Morgan fingerprint density at radius 1 is 0.943 bits per heavy atom. The fourth-order valence-corrected chi connectivity index (χ4v) is 4.56. The van der Waals surface area contributed by atoms with Crippen molar-refractivity contribution in [3.05, 3.63) is 68.7 Å². The van der Waals surface area contributed by atoms with Gasteiger partial charge in [0, 0.05) is 33.2 Å². The third kappa shape index (κ3) is 3.92. The average molecular weight is 477 g/mol. The number of para-hydroxylation sites is 2. The Morgan fingerprint density at radius 2 is 1.57 bits per heavy atom. The van der Waals surface area contributed by atoms with E-state index in [0.717, 1.165) is 24.5 Å². The lowest BCUT2D eigenvalue weighted by Gasteiger charge is -2.37. The highest BCUT2D eigenvalue weighted by atomic mass is 16.5. The van der Waals surface area contributed by atoms with Crippen LogP contribution in [-0.4, -0.2) is 67.6 Å². The Balaban J connectivity index is 1.27. The molecule has 2 heterocycles. The largest absolute Gasteiger partial charge is 0.455 e. The van der Waals surface area contributed by atoms with E-state index in [2.05, 4.69) is 36.1 Å². The van der Waals surface area contributed by atoms with E-state index in [1.807, 2.05) is 24.3 Å². The number of nitroso groups, excluding NO2 is 2. The highest BCUT2D eigenvalue weighted by Crippen LogP contribution is 2.37. The third-order valence-corrected chi connectivity index (χ3v) is 6.39. The lowest BCUT2D eigenvalue weighted by molar-refractivity contribution is 0.0173. The number of ketones is 2. The summed E-state index contributed by atoms with van der Waals surface area (Å²) in [5.74, 6) is -0.367. The molecule has 1 saturated heterocycles. The zero-order valence-corrected chi connectivity index (χ0v) is 18.9. The highest BCUT2D eigenvalue weighted by Gasteiger charge is 2.37. The number of nitrogens with one attached hydrogen (secondary N) is 3. The molecule has 12 heteroatoms. The van der Waals surface area contributed by atoms with Crippen LogP contribution in [0.4, 0.5) is 17.1 Å². The van der Waals surface area contributed by atoms with Gasteiger partial charge in [-0.25, -0.2) is 4.90 Å². The molecule has 1 fully saturated rings. The van der Waals surface area contributed by atoms with E-state index >= 15 is 0 Å². The summed E-state index contributed by atoms with van der Waals surface area (Å²) < 4.78 is 5.98. The first-order chi connectivity index (χ1) is 17.0. The number of Topliss-reactive ketones (excluding diaryl/α,β-unsaturated/α-hetero) is 2. The first-order valence-electron chi connectivity index (χ1n) is 11.1. The average Bonchev–Trinajstić information content (AvgIpc) is 3.33. The predicted molar refractivity (Wildman–Crippen MR) is 128 cm³/mol. The van der Waals surface area contributed by atoms with Gasteiger partial charge < -0.3 is 20.7 Å². The molecule has 2 aliphatic heterocycles. The van der Waals surface area contributed by atoms with E-state index in [-0.39, 0.29) is 40.2 Å². The minimum Gasteiger partial charge on any atom is -0.455 e. The molecule has 5 rings (SSSR count). The highest BCUT2D eigenvalue weighted by molar-refractivity contribution is 6.29. The SMILES string of the molecule is CNC1=C(NCN2CCN(C3Nc4ccccc4O3)CC2)C(=O)c2c(N=O)ccc(N=O)c2C1=O. The number of ether oxygens (including phenoxy) is 1. The number of piperazine rings is 1. The maximum Gasteiger partial charge on any atom is 0.230 e. The summed E-state index contributed by atoms with van der Waals surface area (Å²) >= 11 is 0. The van der Waals surface area contributed by atoms with Crippen LogP contribution in [0.25, 0.3) is 0 Å². The molecule has 180 valence electrons. The predicted octanol–water partition coefficient (Wildman–Crippen LogP) is 2.25. The van der Waals surface area contributed by atoms with Gasteiger partial charge in [-0.1, -0.05) is 12.1 Å². The molecule has 3 aliphatic rings. The van der Waals surface area contributed by atoms with Gasteiger partial charge in [0.2, 0.25) is 17.9 Å². The van der Waals surface area contributed by atoms with Crippen molar-refractivity contribution in [3.63, 3.8) is 0 Å². The molecule has 0 saturated carbocycles. The van der Waals surface area contributed by atoms with Crippen LogP contribution >= 0.6 is 0 Å². The van der Waals surface area contributed by atoms with Crippen LogP contribution in [-0.2, 0) is 0 Å². The van der Waals surface area contributed by atoms with Crippen LogP contribution in [0, 0.1) is 9.81 Å². The van der Waals surface area contributed by atoms with Crippen molar-refractivity contribution in [2.75, 3.05) is 45.2 Å². The number of hydrogen-bond donors (Lipinski definition) is 3. The van der Waals surface area contributed by atoms with E-state index < -0.39 is 11.6 Å². The van der Waals surface area contributed by atoms with Gasteiger partial charge in [0.15, 0.2) is 0 Å². The molecule has 0 aromatic heterocycles. The number of nitrogens with zero attached hydrogens (tertiary/aromatic N) is 4. The Bertz CT molecular complexity index is 1230. The standard InChI is InChI=1S/C23H23N7O5/c1-24-19-20(22(32)18-15(28-34)7-6-14(27-33)17(18)21(19)31)25-12-29-8-10-30(11-9-29)23-26-13-4-2-3-5-16(13)35-23/h2-7,23-26H,8-12H2,1H3. The van der Waals surface area contributed by atoms with Gasteiger partial charge in [0.1, 0.15) is 28.5 Å². The van der Waals surface area contributed by atoms with Crippen LogP contribution in [0.5, 0.6) is 5.75 Å². The molecular weight excluding hydrogens is 454 g/mol. The topological polar surface area (TPSA) is 145 Å². The smallest absolute Gasteiger partial charge is 0.230 e. The van der Waals surface area contributed by atoms with Crippen molar-refractivity contribution < 1.29 is 14.3 Å². The summed E-state index contributed by atoms with van der Waals surface area (Å²) in [6.07, 6.45) is -0.231. The Hall–Kier alpha value is -4.16. The van der Waals surface area contributed by atoms with Crippen molar-refractivity contribution in [1.29, 1.82) is 0 Å². The molecule has 0 radical (unpaired) electrons. The van der Waals surface area contributed by atoms with Crippen LogP contribution < -0.4 is 20.7 Å². The van der Waals surface area contributed by atoms with E-state index in [4.69, 9.17) is 4.74 Å². The lowest BCUT2D eigenvalue weighted by Crippen LogP contribution is -2.55. The van der Waals surface area contributed by atoms with Gasteiger partial charge in [-0.15, -0.1) is 9.81 Å². The van der Waals surface area contributed by atoms with E-state index in [9.17, 15) is 19.4 Å². The number of anilines is 1. The fraction of sp³-hybridized carbons (Fsp3) is 0.304. The molecule has 1 unspecified atom stereocenters. The van der Waals surface area contributed by atoms with E-state index in [1.54, 1.807) is 0 Å². The molecule has 0 bridgehead atoms. The molecule has 0 amide bonds. The maximum absolute atomic E-state index is 13.3. The van der Waals surface area contributed by atoms with Crippen molar-refractivity contribution >= 4 is 28.6 Å². The number of benzene rings is 2. The monoisotopic (exact) mass is 477 g/mol. The molecule has 35 heavy (non-hydrogen) atoms. The van der Waals surface area contributed by atoms with Gasteiger partial charge in [-0.3, -0.25) is 14.5 Å². The second-order valence-electron chi connectivity index (χ2n) is 8.29. The summed E-state index contributed by atoms with van der Waals surface area (Å²) in [4.78, 5) is 53.2. The van der Waals surface area contributed by atoms with Crippen molar-refractivity contribution in [3.8, 4) is 5.75 Å². The molecule has 1 atom stereocenters. The van der Waals surface area contributed by atoms with Crippen LogP contribution in [0.2, 0.25) is 0 Å². The van der Waals surface area contributed by atoms with Crippen molar-refractivity contribution in [2.45, 2.75) is 6.35 Å². The van der Waals surface area contributed by atoms with E-state index in [0.29, 0.717) is 19.8 Å². The molecule has 12 nitrogen and oxygen atoms in total. The molecule has 0 spiro atoms. The second-order valence-corrected chi connectivity index (χ2v) is 8.29. The van der Waals surface area contributed by atoms with Gasteiger partial charge in [0.05, 0.1) is 23.5 Å². The van der Waals surface area contributed by atoms with E-state index in [1.165, 1.54) is 19.2 Å². The van der Waals surface area contributed by atoms with Crippen LogP contribution in [0.1, 0.15) is 20.7 Å². The second kappa shape index (κ2) is 9.24.